The van der Waals surface area contributed by atoms with Gasteiger partial charge in [0.15, 0.2) is 11.5 Å². The van der Waals surface area contributed by atoms with Crippen molar-refractivity contribution < 1.29 is 19.3 Å². The van der Waals surface area contributed by atoms with Gasteiger partial charge >= 0.3 is 0 Å². The summed E-state index contributed by atoms with van der Waals surface area (Å²) in [5, 5.41) is 9.57. The minimum absolute atomic E-state index is 0.108. The van der Waals surface area contributed by atoms with Crippen molar-refractivity contribution in [1.82, 2.24) is 0 Å². The van der Waals surface area contributed by atoms with Gasteiger partial charge in [0, 0.05) is 5.56 Å². The van der Waals surface area contributed by atoms with Gasteiger partial charge in [-0.05, 0) is 23.8 Å². The van der Waals surface area contributed by atoms with Crippen LogP contribution < -0.4 is 14.2 Å². The zero-order valence-corrected chi connectivity index (χ0v) is 12.7. The van der Waals surface area contributed by atoms with Crippen LogP contribution in [0, 0.1) is 0 Å². The summed E-state index contributed by atoms with van der Waals surface area (Å²) < 4.78 is 16.3. The number of hydrogen-bond donors (Lipinski definition) is 1. The molecule has 0 radical (unpaired) electrons. The van der Waals surface area contributed by atoms with Gasteiger partial charge in [-0.15, -0.1) is 0 Å². The third-order valence-electron chi connectivity index (χ3n) is 3.04. The van der Waals surface area contributed by atoms with Gasteiger partial charge in [-0.2, -0.15) is 0 Å². The molecule has 0 unspecified atom stereocenters. The lowest BCUT2D eigenvalue weighted by Crippen LogP contribution is -2.01. The van der Waals surface area contributed by atoms with Crippen LogP contribution in [0.4, 0.5) is 0 Å². The van der Waals surface area contributed by atoms with Crippen LogP contribution in [-0.4, -0.2) is 19.3 Å². The van der Waals surface area contributed by atoms with E-state index in [1.807, 2.05) is 24.3 Å². The average Bonchev–Trinajstić information content (AvgIpc) is 2.53. The van der Waals surface area contributed by atoms with Gasteiger partial charge in [-0.1, -0.05) is 29.8 Å². The molecule has 0 spiro atoms. The molecule has 5 heteroatoms. The number of aliphatic hydroxyl groups excluding tert-OH is 1. The van der Waals surface area contributed by atoms with Gasteiger partial charge in [0.2, 0.25) is 0 Å². The molecule has 0 bridgehead atoms. The Labute approximate surface area is 128 Å². The molecule has 0 aliphatic carbocycles. The fourth-order valence-corrected chi connectivity index (χ4v) is 2.26. The normalized spacial score (nSPS) is 10.3. The number of benzene rings is 2. The minimum Gasteiger partial charge on any atom is -0.496 e. The highest BCUT2D eigenvalue weighted by Gasteiger charge is 2.13. The van der Waals surface area contributed by atoms with Crippen molar-refractivity contribution in [2.45, 2.75) is 13.2 Å². The molecule has 0 saturated carbocycles. The predicted octanol–water partition coefficient (Wildman–Crippen LogP) is 3.43. The van der Waals surface area contributed by atoms with E-state index in [1.54, 1.807) is 19.2 Å². The Morgan fingerprint density at radius 3 is 2.43 bits per heavy atom. The average molecular weight is 309 g/mol. The van der Waals surface area contributed by atoms with Crippen LogP contribution in [0.3, 0.4) is 0 Å². The van der Waals surface area contributed by atoms with Crippen molar-refractivity contribution in [3.8, 4) is 17.2 Å². The molecule has 0 fully saturated rings. The molecule has 2 rings (SSSR count). The lowest BCUT2D eigenvalue weighted by molar-refractivity contribution is 0.271. The SMILES string of the molecule is COc1ccccc1COc1c(Cl)cc(CO)cc1OC. The van der Waals surface area contributed by atoms with E-state index in [0.717, 1.165) is 11.3 Å². The van der Waals surface area contributed by atoms with Crippen molar-refractivity contribution in [3.63, 3.8) is 0 Å². The molecular formula is C16H17ClO4. The third-order valence-corrected chi connectivity index (χ3v) is 3.32. The van der Waals surface area contributed by atoms with Gasteiger partial charge in [0.1, 0.15) is 12.4 Å². The van der Waals surface area contributed by atoms with Gasteiger partial charge in [-0.25, -0.2) is 0 Å². The van der Waals surface area contributed by atoms with E-state index in [-0.39, 0.29) is 6.61 Å². The van der Waals surface area contributed by atoms with Gasteiger partial charge in [0.25, 0.3) is 0 Å². The fourth-order valence-electron chi connectivity index (χ4n) is 1.98. The molecule has 0 amide bonds. The van der Waals surface area contributed by atoms with Crippen LogP contribution in [0.2, 0.25) is 5.02 Å². The van der Waals surface area contributed by atoms with Crippen LogP contribution in [0.5, 0.6) is 17.2 Å². The van der Waals surface area contributed by atoms with E-state index in [9.17, 15) is 5.11 Å². The van der Waals surface area contributed by atoms with Crippen LogP contribution in [-0.2, 0) is 13.2 Å². The molecule has 0 aliphatic rings. The molecule has 2 aromatic carbocycles. The van der Waals surface area contributed by atoms with Gasteiger partial charge in [-0.3, -0.25) is 0 Å². The van der Waals surface area contributed by atoms with Crippen molar-refractivity contribution in [1.29, 1.82) is 0 Å². The third kappa shape index (κ3) is 3.60. The predicted molar refractivity (Wildman–Crippen MR) is 81.3 cm³/mol. The maximum atomic E-state index is 9.18. The molecule has 0 heterocycles. The summed E-state index contributed by atoms with van der Waals surface area (Å²) in [6.07, 6.45) is 0. The molecule has 0 aliphatic heterocycles. The summed E-state index contributed by atoms with van der Waals surface area (Å²) in [7, 11) is 3.14. The van der Waals surface area contributed by atoms with Crippen LogP contribution in [0.15, 0.2) is 36.4 Å². The van der Waals surface area contributed by atoms with Crippen molar-refractivity contribution in [2.24, 2.45) is 0 Å². The fraction of sp³-hybridized carbons (Fsp3) is 0.250. The molecule has 0 atom stereocenters. The summed E-state index contributed by atoms with van der Waals surface area (Å²) in [6.45, 7) is 0.196. The van der Waals surface area contributed by atoms with E-state index in [4.69, 9.17) is 25.8 Å². The number of rotatable bonds is 6. The lowest BCUT2D eigenvalue weighted by Gasteiger charge is -2.15. The molecule has 4 nitrogen and oxygen atoms in total. The molecular weight excluding hydrogens is 292 g/mol. The minimum atomic E-state index is -0.108. The molecule has 21 heavy (non-hydrogen) atoms. The number of hydrogen-bond acceptors (Lipinski definition) is 4. The first kappa shape index (κ1) is 15.5. The summed E-state index contributed by atoms with van der Waals surface area (Å²) in [5.74, 6) is 1.68. The number of methoxy groups -OCH3 is 2. The highest BCUT2D eigenvalue weighted by Crippen LogP contribution is 2.37. The number of ether oxygens (including phenoxy) is 3. The maximum Gasteiger partial charge on any atom is 0.180 e. The summed E-state index contributed by atoms with van der Waals surface area (Å²) in [6, 6.07) is 10.9. The standard InChI is InChI=1S/C16H17ClO4/c1-19-14-6-4-3-5-12(14)10-21-16-13(17)7-11(9-18)8-15(16)20-2/h3-8,18H,9-10H2,1-2H3. The van der Waals surface area contributed by atoms with Crippen molar-refractivity contribution in [2.75, 3.05) is 14.2 Å². The van der Waals surface area contributed by atoms with Crippen molar-refractivity contribution in [3.05, 3.63) is 52.5 Å². The zero-order valence-electron chi connectivity index (χ0n) is 11.9. The first-order chi connectivity index (χ1) is 10.2. The van der Waals surface area contributed by atoms with E-state index in [0.29, 0.717) is 28.7 Å². The van der Waals surface area contributed by atoms with Gasteiger partial charge in [0.05, 0.1) is 25.8 Å². The maximum absolute atomic E-state index is 9.18. The number of aliphatic hydroxyl groups is 1. The molecule has 0 aromatic heterocycles. The number of para-hydroxylation sites is 1. The summed E-state index contributed by atoms with van der Waals surface area (Å²) in [4.78, 5) is 0. The summed E-state index contributed by atoms with van der Waals surface area (Å²) >= 11 is 6.18. The van der Waals surface area contributed by atoms with Crippen LogP contribution in [0.1, 0.15) is 11.1 Å². The lowest BCUT2D eigenvalue weighted by atomic mass is 10.2. The Morgan fingerprint density at radius 1 is 1.05 bits per heavy atom. The first-order valence-corrected chi connectivity index (χ1v) is 6.79. The smallest absolute Gasteiger partial charge is 0.180 e. The second kappa shape index (κ2) is 7.20. The first-order valence-electron chi connectivity index (χ1n) is 6.41. The second-order valence-electron chi connectivity index (χ2n) is 4.37. The Balaban J connectivity index is 2.23. The Hall–Kier alpha value is -1.91. The molecule has 0 saturated heterocycles. The number of halogens is 1. The largest absolute Gasteiger partial charge is 0.496 e. The van der Waals surface area contributed by atoms with Crippen LogP contribution in [0.25, 0.3) is 0 Å². The topological polar surface area (TPSA) is 47.9 Å². The van der Waals surface area contributed by atoms with E-state index >= 15 is 0 Å². The zero-order chi connectivity index (χ0) is 15.2. The Bertz CT molecular complexity index is 613. The summed E-state index contributed by atoms with van der Waals surface area (Å²) in [5.41, 5.74) is 1.57. The highest BCUT2D eigenvalue weighted by molar-refractivity contribution is 6.32. The van der Waals surface area contributed by atoms with E-state index in [1.165, 1.54) is 7.11 Å². The van der Waals surface area contributed by atoms with Crippen LogP contribution >= 0.6 is 11.6 Å². The Kier molecular flexibility index (Phi) is 5.31. The van der Waals surface area contributed by atoms with Gasteiger partial charge < -0.3 is 19.3 Å². The molecule has 112 valence electrons. The monoisotopic (exact) mass is 308 g/mol. The van der Waals surface area contributed by atoms with Crippen molar-refractivity contribution >= 4 is 11.6 Å². The van der Waals surface area contributed by atoms with E-state index < -0.39 is 0 Å². The quantitative estimate of drug-likeness (QED) is 0.888. The second-order valence-corrected chi connectivity index (χ2v) is 4.77. The molecule has 1 N–H and O–H groups in total. The highest BCUT2D eigenvalue weighted by atomic mass is 35.5. The Morgan fingerprint density at radius 2 is 1.76 bits per heavy atom. The van der Waals surface area contributed by atoms with E-state index in [2.05, 4.69) is 0 Å². The molecule has 2 aromatic rings.